The highest BCUT2D eigenvalue weighted by molar-refractivity contribution is 5.78. The van der Waals surface area contributed by atoms with Crippen molar-refractivity contribution in [3.8, 4) is 5.75 Å². The second kappa shape index (κ2) is 8.80. The molecule has 0 saturated heterocycles. The molecule has 0 N–H and O–H groups in total. The van der Waals surface area contributed by atoms with Crippen LogP contribution in [-0.2, 0) is 4.79 Å². The topological polar surface area (TPSA) is 26.3 Å². The Balaban J connectivity index is 2.04. The van der Waals surface area contributed by atoms with Crippen molar-refractivity contribution in [2.24, 2.45) is 0 Å². The Hall–Kier alpha value is -1.31. The van der Waals surface area contributed by atoms with Gasteiger partial charge in [-0.15, -0.1) is 0 Å². The van der Waals surface area contributed by atoms with Gasteiger partial charge in [-0.2, -0.15) is 0 Å². The molecule has 0 aliphatic rings. The third-order valence-corrected chi connectivity index (χ3v) is 2.70. The number of para-hydroxylation sites is 1. The summed E-state index contributed by atoms with van der Waals surface area (Å²) in [5, 5.41) is 0. The van der Waals surface area contributed by atoms with Gasteiger partial charge < -0.3 is 4.74 Å². The average molecular weight is 234 g/mol. The summed E-state index contributed by atoms with van der Waals surface area (Å²) in [6, 6.07) is 9.63. The van der Waals surface area contributed by atoms with E-state index in [-0.39, 0.29) is 0 Å². The van der Waals surface area contributed by atoms with Gasteiger partial charge in [-0.25, -0.2) is 0 Å². The zero-order chi connectivity index (χ0) is 12.3. The quantitative estimate of drug-likeness (QED) is 0.604. The molecule has 0 aromatic heterocycles. The molecule has 94 valence electrons. The van der Waals surface area contributed by atoms with Crippen LogP contribution >= 0.6 is 0 Å². The van der Waals surface area contributed by atoms with Crippen molar-refractivity contribution in [3.05, 3.63) is 30.3 Å². The highest BCUT2D eigenvalue weighted by atomic mass is 16.5. The zero-order valence-electron chi connectivity index (χ0n) is 10.7. The molecule has 0 atom stereocenters. The van der Waals surface area contributed by atoms with Crippen molar-refractivity contribution >= 4 is 5.78 Å². The first-order valence-corrected chi connectivity index (χ1v) is 6.52. The Bertz CT molecular complexity index is 306. The van der Waals surface area contributed by atoms with Crippen LogP contribution in [-0.4, -0.2) is 12.4 Å². The lowest BCUT2D eigenvalue weighted by Crippen LogP contribution is -2.06. The van der Waals surface area contributed by atoms with Gasteiger partial charge in [0.1, 0.15) is 11.5 Å². The van der Waals surface area contributed by atoms with Crippen molar-refractivity contribution in [1.29, 1.82) is 0 Å². The summed E-state index contributed by atoms with van der Waals surface area (Å²) in [5.41, 5.74) is 0. The van der Waals surface area contributed by atoms with Crippen molar-refractivity contribution in [1.82, 2.24) is 0 Å². The van der Waals surface area contributed by atoms with E-state index in [1.807, 2.05) is 30.3 Å². The first kappa shape index (κ1) is 13.8. The minimum Gasteiger partial charge on any atom is -0.493 e. The van der Waals surface area contributed by atoms with Crippen LogP contribution in [0.4, 0.5) is 0 Å². The van der Waals surface area contributed by atoms with Crippen LogP contribution in [0.5, 0.6) is 5.75 Å². The van der Waals surface area contributed by atoms with Crippen LogP contribution in [0, 0.1) is 0 Å². The van der Waals surface area contributed by atoms with Gasteiger partial charge in [0.05, 0.1) is 6.61 Å². The number of benzene rings is 1. The Labute approximate surface area is 104 Å². The van der Waals surface area contributed by atoms with Gasteiger partial charge in [-0.1, -0.05) is 44.4 Å². The van der Waals surface area contributed by atoms with Gasteiger partial charge in [0, 0.05) is 12.8 Å². The minimum absolute atomic E-state index is 0.317. The van der Waals surface area contributed by atoms with Crippen LogP contribution in [0.25, 0.3) is 0 Å². The van der Waals surface area contributed by atoms with Gasteiger partial charge in [-0.3, -0.25) is 4.79 Å². The molecule has 0 amide bonds. The normalized spacial score (nSPS) is 10.2. The van der Waals surface area contributed by atoms with E-state index in [4.69, 9.17) is 4.74 Å². The number of hydrogen-bond donors (Lipinski definition) is 0. The lowest BCUT2D eigenvalue weighted by atomic mass is 10.1. The molecule has 0 aliphatic carbocycles. The van der Waals surface area contributed by atoms with Crippen LogP contribution in [0.2, 0.25) is 0 Å². The lowest BCUT2D eigenvalue weighted by Gasteiger charge is -2.05. The number of rotatable bonds is 9. The van der Waals surface area contributed by atoms with Crippen LogP contribution in [0.1, 0.15) is 45.4 Å². The van der Waals surface area contributed by atoms with Crippen molar-refractivity contribution in [2.75, 3.05) is 6.61 Å². The molecule has 0 aliphatic heterocycles. The standard InChI is InChI=1S/C15H22O2/c1-2-3-4-6-9-14(16)12-13-17-15-10-7-5-8-11-15/h5,7-8,10-11H,2-4,6,9,12-13H2,1H3. The minimum atomic E-state index is 0.317. The molecule has 2 heteroatoms. The van der Waals surface area contributed by atoms with Gasteiger partial charge in [-0.05, 0) is 18.6 Å². The Kier molecular flexibility index (Phi) is 7.12. The Morgan fingerprint density at radius 1 is 1.06 bits per heavy atom. The SMILES string of the molecule is CCCCCCC(=O)CCOc1ccccc1. The van der Waals surface area contributed by atoms with E-state index >= 15 is 0 Å². The first-order valence-electron chi connectivity index (χ1n) is 6.52. The van der Waals surface area contributed by atoms with E-state index in [0.717, 1.165) is 12.2 Å². The van der Waals surface area contributed by atoms with Crippen molar-refractivity contribution in [3.63, 3.8) is 0 Å². The highest BCUT2D eigenvalue weighted by Gasteiger charge is 2.02. The monoisotopic (exact) mass is 234 g/mol. The van der Waals surface area contributed by atoms with Crippen LogP contribution in [0.3, 0.4) is 0 Å². The summed E-state index contributed by atoms with van der Waals surface area (Å²) in [5.74, 6) is 1.16. The highest BCUT2D eigenvalue weighted by Crippen LogP contribution is 2.09. The predicted molar refractivity (Wildman–Crippen MR) is 70.3 cm³/mol. The van der Waals surface area contributed by atoms with Crippen molar-refractivity contribution in [2.45, 2.75) is 45.4 Å². The maximum Gasteiger partial charge on any atom is 0.136 e. The second-order valence-electron chi connectivity index (χ2n) is 4.26. The summed E-state index contributed by atoms with van der Waals surface area (Å²) in [6.07, 6.45) is 5.87. The first-order chi connectivity index (χ1) is 8.33. The molecule has 0 radical (unpaired) electrons. The molecule has 1 aromatic carbocycles. The number of ether oxygens (including phenoxy) is 1. The molecule has 2 nitrogen and oxygen atoms in total. The van der Waals surface area contributed by atoms with Crippen molar-refractivity contribution < 1.29 is 9.53 Å². The third kappa shape index (κ3) is 6.77. The Morgan fingerprint density at radius 2 is 1.82 bits per heavy atom. The summed E-state index contributed by atoms with van der Waals surface area (Å²) in [6.45, 7) is 2.67. The fourth-order valence-corrected chi connectivity index (χ4v) is 1.67. The lowest BCUT2D eigenvalue weighted by molar-refractivity contribution is -0.119. The molecule has 0 fully saturated rings. The number of ketones is 1. The van der Waals surface area contributed by atoms with Gasteiger partial charge >= 0.3 is 0 Å². The number of carbonyl (C=O) groups is 1. The van der Waals surface area contributed by atoms with Crippen LogP contribution < -0.4 is 4.74 Å². The van der Waals surface area contributed by atoms with E-state index in [2.05, 4.69) is 6.92 Å². The maximum atomic E-state index is 11.5. The van der Waals surface area contributed by atoms with Gasteiger partial charge in [0.2, 0.25) is 0 Å². The molecule has 0 bridgehead atoms. The molecule has 0 spiro atoms. The third-order valence-electron chi connectivity index (χ3n) is 2.70. The summed E-state index contributed by atoms with van der Waals surface area (Å²) >= 11 is 0. The van der Waals surface area contributed by atoms with E-state index in [9.17, 15) is 4.79 Å². The fraction of sp³-hybridized carbons (Fsp3) is 0.533. The Morgan fingerprint density at radius 3 is 2.53 bits per heavy atom. The number of unbranched alkanes of at least 4 members (excludes halogenated alkanes) is 3. The van der Waals surface area contributed by atoms with E-state index < -0.39 is 0 Å². The number of hydrogen-bond acceptors (Lipinski definition) is 2. The molecule has 0 unspecified atom stereocenters. The number of Topliss-reactive ketones (excluding diaryl/α,β-unsaturated/α-hetero) is 1. The largest absolute Gasteiger partial charge is 0.493 e. The van der Waals surface area contributed by atoms with E-state index in [1.165, 1.54) is 19.3 Å². The average Bonchev–Trinajstić information content (AvgIpc) is 2.36. The molecular weight excluding hydrogens is 212 g/mol. The van der Waals surface area contributed by atoms with Gasteiger partial charge in [0.15, 0.2) is 0 Å². The molecule has 0 saturated carbocycles. The van der Waals surface area contributed by atoms with E-state index in [0.29, 0.717) is 25.2 Å². The zero-order valence-corrected chi connectivity index (χ0v) is 10.7. The van der Waals surface area contributed by atoms with Crippen LogP contribution in [0.15, 0.2) is 30.3 Å². The molecule has 1 aromatic rings. The predicted octanol–water partition coefficient (Wildman–Crippen LogP) is 4.00. The molecule has 1 rings (SSSR count). The molecular formula is C15H22O2. The summed E-state index contributed by atoms with van der Waals surface area (Å²) in [4.78, 5) is 11.5. The molecule has 0 heterocycles. The fourth-order valence-electron chi connectivity index (χ4n) is 1.67. The number of carbonyl (C=O) groups excluding carboxylic acids is 1. The van der Waals surface area contributed by atoms with Gasteiger partial charge in [0.25, 0.3) is 0 Å². The van der Waals surface area contributed by atoms with E-state index in [1.54, 1.807) is 0 Å². The smallest absolute Gasteiger partial charge is 0.136 e. The second-order valence-corrected chi connectivity index (χ2v) is 4.26. The summed E-state index contributed by atoms with van der Waals surface area (Å²) < 4.78 is 5.48. The summed E-state index contributed by atoms with van der Waals surface area (Å²) in [7, 11) is 0. The molecule has 17 heavy (non-hydrogen) atoms. The maximum absolute atomic E-state index is 11.5.